The van der Waals surface area contributed by atoms with Crippen LogP contribution in [0.25, 0.3) is 11.0 Å². The molecule has 4 heteroatoms. The number of benzene rings is 1. The number of aryl methyl sites for hydroxylation is 2. The molecule has 0 amide bonds. The number of ketones is 1. The largest absolute Gasteiger partial charge is 0.504 e. The predicted octanol–water partition coefficient (Wildman–Crippen LogP) is 2.66. The Morgan fingerprint density at radius 1 is 1.31 bits per heavy atom. The van der Waals surface area contributed by atoms with Crippen LogP contribution in [0.5, 0.6) is 11.5 Å². The first-order chi connectivity index (χ1) is 7.43. The van der Waals surface area contributed by atoms with Crippen molar-refractivity contribution in [2.45, 2.75) is 20.8 Å². The first kappa shape index (κ1) is 10.5. The lowest BCUT2D eigenvalue weighted by molar-refractivity contribution is 0.101. The lowest BCUT2D eigenvalue weighted by Gasteiger charge is -2.03. The first-order valence-corrected chi connectivity index (χ1v) is 4.89. The van der Waals surface area contributed by atoms with Crippen molar-refractivity contribution < 1.29 is 19.4 Å². The number of phenolic OH excluding ortho intramolecular Hbond substituents is 2. The average Bonchev–Trinajstić information content (AvgIpc) is 2.51. The number of rotatable bonds is 1. The molecule has 1 aromatic heterocycles. The van der Waals surface area contributed by atoms with Crippen molar-refractivity contribution in [2.75, 3.05) is 0 Å². The summed E-state index contributed by atoms with van der Waals surface area (Å²) in [5, 5.41) is 19.6. The van der Waals surface area contributed by atoms with Crippen molar-refractivity contribution in [3.8, 4) is 11.5 Å². The third-order valence-corrected chi connectivity index (χ3v) is 2.70. The van der Waals surface area contributed by atoms with Gasteiger partial charge >= 0.3 is 0 Å². The van der Waals surface area contributed by atoms with Gasteiger partial charge in [0.2, 0.25) is 0 Å². The lowest BCUT2D eigenvalue weighted by atomic mass is 10.0. The van der Waals surface area contributed by atoms with Gasteiger partial charge in [0.15, 0.2) is 17.3 Å². The maximum absolute atomic E-state index is 11.5. The van der Waals surface area contributed by atoms with E-state index in [2.05, 4.69) is 0 Å². The summed E-state index contributed by atoms with van der Waals surface area (Å²) in [6.07, 6.45) is 0. The van der Waals surface area contributed by atoms with E-state index in [1.54, 1.807) is 13.8 Å². The number of carbonyl (C=O) groups excluding carboxylic acids is 1. The molecule has 2 rings (SSSR count). The van der Waals surface area contributed by atoms with E-state index in [1.165, 1.54) is 13.0 Å². The van der Waals surface area contributed by atoms with E-state index < -0.39 is 0 Å². The summed E-state index contributed by atoms with van der Waals surface area (Å²) in [6.45, 7) is 4.77. The van der Waals surface area contributed by atoms with Crippen LogP contribution < -0.4 is 0 Å². The SMILES string of the molecule is CC(=O)c1c(C)oc2cc(O)c(O)c(C)c12. The van der Waals surface area contributed by atoms with Crippen LogP contribution in [0.1, 0.15) is 28.6 Å². The highest BCUT2D eigenvalue weighted by atomic mass is 16.3. The molecule has 4 nitrogen and oxygen atoms in total. The van der Waals surface area contributed by atoms with Crippen LogP contribution in [-0.4, -0.2) is 16.0 Å². The second kappa shape index (κ2) is 3.27. The third kappa shape index (κ3) is 1.26. The van der Waals surface area contributed by atoms with Crippen molar-refractivity contribution in [3.05, 3.63) is 23.0 Å². The molecule has 0 spiro atoms. The lowest BCUT2D eigenvalue weighted by Crippen LogP contribution is -1.93. The third-order valence-electron chi connectivity index (χ3n) is 2.70. The molecule has 0 radical (unpaired) electrons. The van der Waals surface area contributed by atoms with Gasteiger partial charge < -0.3 is 14.6 Å². The van der Waals surface area contributed by atoms with Gasteiger partial charge in [0.25, 0.3) is 0 Å². The fraction of sp³-hybridized carbons (Fsp3) is 0.250. The Balaban J connectivity index is 2.98. The predicted molar refractivity (Wildman–Crippen MR) is 59.0 cm³/mol. The van der Waals surface area contributed by atoms with Crippen molar-refractivity contribution in [2.24, 2.45) is 0 Å². The van der Waals surface area contributed by atoms with Crippen LogP contribution in [0.2, 0.25) is 0 Å². The van der Waals surface area contributed by atoms with Crippen molar-refractivity contribution >= 4 is 16.8 Å². The van der Waals surface area contributed by atoms with E-state index >= 15 is 0 Å². The molecule has 2 aromatic rings. The Labute approximate surface area is 92.1 Å². The second-order valence-electron chi connectivity index (χ2n) is 3.83. The monoisotopic (exact) mass is 220 g/mol. The quantitative estimate of drug-likeness (QED) is 0.572. The zero-order chi connectivity index (χ0) is 12.0. The molecule has 0 atom stereocenters. The molecule has 0 aliphatic rings. The number of Topliss-reactive ketones (excluding diaryl/α,β-unsaturated/α-hetero) is 1. The minimum atomic E-state index is -0.242. The van der Waals surface area contributed by atoms with E-state index in [0.29, 0.717) is 27.9 Å². The number of aromatic hydroxyl groups is 2. The normalized spacial score (nSPS) is 10.9. The van der Waals surface area contributed by atoms with Crippen molar-refractivity contribution in [1.29, 1.82) is 0 Å². The summed E-state index contributed by atoms with van der Waals surface area (Å²) in [6, 6.07) is 1.32. The minimum Gasteiger partial charge on any atom is -0.504 e. The van der Waals surface area contributed by atoms with Gasteiger partial charge in [0.05, 0.1) is 5.56 Å². The highest BCUT2D eigenvalue weighted by Crippen LogP contribution is 2.39. The van der Waals surface area contributed by atoms with Crippen LogP contribution in [0.3, 0.4) is 0 Å². The van der Waals surface area contributed by atoms with Crippen LogP contribution in [0, 0.1) is 13.8 Å². The maximum atomic E-state index is 11.5. The molecule has 2 N–H and O–H groups in total. The average molecular weight is 220 g/mol. The molecule has 0 bridgehead atoms. The van der Waals surface area contributed by atoms with Crippen LogP contribution in [0.4, 0.5) is 0 Å². The van der Waals surface area contributed by atoms with E-state index in [-0.39, 0.29) is 17.3 Å². The molecule has 84 valence electrons. The van der Waals surface area contributed by atoms with E-state index in [4.69, 9.17) is 4.42 Å². The molecule has 0 fully saturated rings. The molecule has 1 aromatic carbocycles. The van der Waals surface area contributed by atoms with Crippen LogP contribution >= 0.6 is 0 Å². The number of fused-ring (bicyclic) bond motifs is 1. The van der Waals surface area contributed by atoms with Gasteiger partial charge in [-0.05, 0) is 20.8 Å². The topological polar surface area (TPSA) is 70.7 Å². The smallest absolute Gasteiger partial charge is 0.163 e. The molecule has 1 heterocycles. The Morgan fingerprint density at radius 3 is 2.50 bits per heavy atom. The Kier molecular flexibility index (Phi) is 2.15. The van der Waals surface area contributed by atoms with Gasteiger partial charge in [-0.3, -0.25) is 4.79 Å². The van der Waals surface area contributed by atoms with Gasteiger partial charge in [0.1, 0.15) is 11.3 Å². The molecule has 16 heavy (non-hydrogen) atoms. The van der Waals surface area contributed by atoms with Gasteiger partial charge in [-0.2, -0.15) is 0 Å². The zero-order valence-electron chi connectivity index (χ0n) is 9.29. The van der Waals surface area contributed by atoms with Gasteiger partial charge in [0, 0.05) is 17.0 Å². The Bertz CT molecular complexity index is 593. The fourth-order valence-corrected chi connectivity index (χ4v) is 1.97. The summed E-state index contributed by atoms with van der Waals surface area (Å²) in [5.74, 6) is -0.0790. The summed E-state index contributed by atoms with van der Waals surface area (Å²) in [4.78, 5) is 11.5. The number of furan rings is 1. The molecule has 0 unspecified atom stereocenters. The fourth-order valence-electron chi connectivity index (χ4n) is 1.97. The number of carbonyl (C=O) groups is 1. The van der Waals surface area contributed by atoms with E-state index in [1.807, 2.05) is 0 Å². The van der Waals surface area contributed by atoms with Crippen LogP contribution in [-0.2, 0) is 0 Å². The Hall–Kier alpha value is -1.97. The van der Waals surface area contributed by atoms with Crippen LogP contribution in [0.15, 0.2) is 10.5 Å². The highest BCUT2D eigenvalue weighted by molar-refractivity contribution is 6.09. The van der Waals surface area contributed by atoms with Crippen molar-refractivity contribution in [3.63, 3.8) is 0 Å². The van der Waals surface area contributed by atoms with E-state index in [0.717, 1.165) is 0 Å². The molecule has 0 saturated carbocycles. The van der Waals surface area contributed by atoms with Gasteiger partial charge in [-0.1, -0.05) is 0 Å². The highest BCUT2D eigenvalue weighted by Gasteiger charge is 2.20. The molecular weight excluding hydrogens is 208 g/mol. The molecular formula is C12H12O4. The van der Waals surface area contributed by atoms with Gasteiger partial charge in [-0.25, -0.2) is 0 Å². The molecule has 0 aliphatic heterocycles. The zero-order valence-corrected chi connectivity index (χ0v) is 9.29. The minimum absolute atomic E-state index is 0.121. The summed E-state index contributed by atoms with van der Waals surface area (Å²) >= 11 is 0. The molecule has 0 aliphatic carbocycles. The standard InChI is InChI=1S/C12H12O4/c1-5-10-9(4-8(14)12(5)15)16-7(3)11(10)6(2)13/h4,14-15H,1-3H3. The maximum Gasteiger partial charge on any atom is 0.163 e. The number of hydrogen-bond acceptors (Lipinski definition) is 4. The summed E-state index contributed by atoms with van der Waals surface area (Å²) in [5.41, 5.74) is 1.33. The number of hydrogen-bond donors (Lipinski definition) is 2. The number of phenols is 2. The summed E-state index contributed by atoms with van der Waals surface area (Å²) in [7, 11) is 0. The van der Waals surface area contributed by atoms with Gasteiger partial charge in [-0.15, -0.1) is 0 Å². The first-order valence-electron chi connectivity index (χ1n) is 4.89. The summed E-state index contributed by atoms with van der Waals surface area (Å²) < 4.78 is 5.39. The Morgan fingerprint density at radius 2 is 1.94 bits per heavy atom. The van der Waals surface area contributed by atoms with Crippen molar-refractivity contribution in [1.82, 2.24) is 0 Å². The second-order valence-corrected chi connectivity index (χ2v) is 3.83. The molecule has 0 saturated heterocycles. The van der Waals surface area contributed by atoms with E-state index in [9.17, 15) is 15.0 Å².